The van der Waals surface area contributed by atoms with Crippen molar-refractivity contribution in [1.29, 1.82) is 0 Å². The maximum Gasteiger partial charge on any atom is 0.453 e. The number of nitrogens with two attached hydrogens (primary N) is 1. The third kappa shape index (κ3) is 3.60. The largest absolute Gasteiger partial charge is 0.453 e. The van der Waals surface area contributed by atoms with Crippen LogP contribution in [0.5, 0.6) is 0 Å². The fraction of sp³-hybridized carbons (Fsp3) is 0.308. The van der Waals surface area contributed by atoms with Crippen LogP contribution in [-0.4, -0.2) is 20.5 Å². The van der Waals surface area contributed by atoms with Crippen LogP contribution in [0.1, 0.15) is 18.3 Å². The van der Waals surface area contributed by atoms with Crippen molar-refractivity contribution in [2.45, 2.75) is 19.6 Å². The maximum atomic E-state index is 13.2. The zero-order valence-electron chi connectivity index (χ0n) is 11.5. The fourth-order valence-electron chi connectivity index (χ4n) is 2.01. The van der Waals surface area contributed by atoms with Gasteiger partial charge in [-0.3, -0.25) is 4.68 Å². The molecule has 22 heavy (non-hydrogen) atoms. The number of hydrogen-bond donors (Lipinski definition) is 1. The first-order valence-electron chi connectivity index (χ1n) is 6.31. The molecule has 1 heterocycles. The van der Waals surface area contributed by atoms with Crippen molar-refractivity contribution in [3.05, 3.63) is 47.8 Å². The van der Waals surface area contributed by atoms with E-state index in [0.717, 1.165) is 11.0 Å². The van der Waals surface area contributed by atoms with Gasteiger partial charge in [0.05, 0.1) is 12.3 Å². The molecule has 0 aliphatic carbocycles. The molecule has 0 radical (unpaired) electrons. The van der Waals surface area contributed by atoms with Crippen LogP contribution < -0.4 is 5.84 Å². The molecule has 0 aliphatic heterocycles. The van der Waals surface area contributed by atoms with Crippen molar-refractivity contribution < 1.29 is 17.6 Å². The minimum absolute atomic E-state index is 0.0790. The molecule has 0 fully saturated rings. The predicted octanol–water partition coefficient (Wildman–Crippen LogP) is 2.44. The molecule has 5 nitrogen and oxygen atoms in total. The molecule has 0 spiro atoms. The summed E-state index contributed by atoms with van der Waals surface area (Å²) >= 11 is 0. The van der Waals surface area contributed by atoms with Crippen LogP contribution in [0.15, 0.2) is 35.7 Å². The highest BCUT2D eigenvalue weighted by molar-refractivity contribution is 6.01. The lowest BCUT2D eigenvalue weighted by Gasteiger charge is -2.14. The van der Waals surface area contributed by atoms with Crippen LogP contribution in [0.2, 0.25) is 0 Å². The summed E-state index contributed by atoms with van der Waals surface area (Å²) in [5, 5.41) is 6.98. The van der Waals surface area contributed by atoms with Crippen molar-refractivity contribution in [1.82, 2.24) is 14.8 Å². The van der Waals surface area contributed by atoms with E-state index in [-0.39, 0.29) is 12.5 Å². The van der Waals surface area contributed by atoms with E-state index in [2.05, 4.69) is 15.2 Å². The Hall–Kier alpha value is -2.45. The lowest BCUT2D eigenvalue weighted by molar-refractivity contribution is -0.145. The highest BCUT2D eigenvalue weighted by atomic mass is 19.4. The SMILES string of the molecule is CC(Cn1cnc(C(F)(F)F)n1)C(=NN)c1cccc(F)c1. The van der Waals surface area contributed by atoms with Gasteiger partial charge in [0, 0.05) is 11.5 Å². The standard InChI is InChI=1S/C13H13F4N5/c1-8(6-22-7-19-12(21-22)13(15,16)17)11(20-18)9-3-2-4-10(14)5-9/h2-5,7-8H,6,18H2,1H3. The van der Waals surface area contributed by atoms with E-state index in [1.54, 1.807) is 13.0 Å². The molecule has 118 valence electrons. The first-order valence-corrected chi connectivity index (χ1v) is 6.31. The van der Waals surface area contributed by atoms with Gasteiger partial charge in [-0.1, -0.05) is 19.1 Å². The van der Waals surface area contributed by atoms with Gasteiger partial charge in [0.25, 0.3) is 5.82 Å². The zero-order chi connectivity index (χ0) is 16.3. The minimum Gasteiger partial charge on any atom is -0.323 e. The molecule has 0 bridgehead atoms. The molecule has 0 saturated carbocycles. The lowest BCUT2D eigenvalue weighted by Crippen LogP contribution is -2.21. The predicted molar refractivity (Wildman–Crippen MR) is 71.3 cm³/mol. The number of halogens is 4. The van der Waals surface area contributed by atoms with Gasteiger partial charge in [-0.15, -0.1) is 5.10 Å². The first-order chi connectivity index (χ1) is 10.3. The number of nitrogens with zero attached hydrogens (tertiary/aromatic N) is 4. The highest BCUT2D eigenvalue weighted by Gasteiger charge is 2.35. The van der Waals surface area contributed by atoms with Gasteiger partial charge in [0.2, 0.25) is 0 Å². The van der Waals surface area contributed by atoms with Crippen molar-refractivity contribution in [2.24, 2.45) is 16.9 Å². The second-order valence-electron chi connectivity index (χ2n) is 4.71. The number of hydrogen-bond acceptors (Lipinski definition) is 4. The van der Waals surface area contributed by atoms with Gasteiger partial charge in [-0.2, -0.15) is 18.3 Å². The average Bonchev–Trinajstić information content (AvgIpc) is 2.88. The summed E-state index contributed by atoms with van der Waals surface area (Å²) in [6.07, 6.45) is -3.61. The Morgan fingerprint density at radius 3 is 2.68 bits per heavy atom. The van der Waals surface area contributed by atoms with E-state index in [1.165, 1.54) is 18.2 Å². The Balaban J connectivity index is 2.17. The Morgan fingerprint density at radius 1 is 1.41 bits per heavy atom. The molecular formula is C13H13F4N5. The smallest absolute Gasteiger partial charge is 0.323 e. The summed E-state index contributed by atoms with van der Waals surface area (Å²) in [6, 6.07) is 5.65. The molecule has 0 saturated heterocycles. The van der Waals surface area contributed by atoms with Crippen LogP contribution >= 0.6 is 0 Å². The summed E-state index contributed by atoms with van der Waals surface area (Å²) in [7, 11) is 0. The van der Waals surface area contributed by atoms with Crippen molar-refractivity contribution in [3.8, 4) is 0 Å². The van der Waals surface area contributed by atoms with Gasteiger partial charge >= 0.3 is 6.18 Å². The molecule has 0 aliphatic rings. The molecule has 0 amide bonds. The van der Waals surface area contributed by atoms with Crippen molar-refractivity contribution in [3.63, 3.8) is 0 Å². The van der Waals surface area contributed by atoms with E-state index in [4.69, 9.17) is 5.84 Å². The number of aromatic nitrogens is 3. The van der Waals surface area contributed by atoms with Crippen molar-refractivity contribution >= 4 is 5.71 Å². The second-order valence-corrected chi connectivity index (χ2v) is 4.71. The van der Waals surface area contributed by atoms with Crippen LogP contribution in [-0.2, 0) is 12.7 Å². The summed E-state index contributed by atoms with van der Waals surface area (Å²) in [6.45, 7) is 1.78. The third-order valence-corrected chi connectivity index (χ3v) is 2.98. The maximum absolute atomic E-state index is 13.2. The molecule has 9 heteroatoms. The van der Waals surface area contributed by atoms with Crippen LogP contribution in [0.4, 0.5) is 17.6 Å². The summed E-state index contributed by atoms with van der Waals surface area (Å²) in [5.41, 5.74) is 0.828. The Kier molecular flexibility index (Phi) is 4.43. The minimum atomic E-state index is -4.60. The number of rotatable bonds is 4. The number of benzene rings is 1. The molecule has 1 aromatic carbocycles. The third-order valence-electron chi connectivity index (χ3n) is 2.98. The Morgan fingerprint density at radius 2 is 2.14 bits per heavy atom. The Labute approximate surface area is 123 Å². The van der Waals surface area contributed by atoms with E-state index in [0.29, 0.717) is 11.3 Å². The van der Waals surface area contributed by atoms with Gasteiger partial charge in [0.15, 0.2) is 0 Å². The normalized spacial score (nSPS) is 14.1. The van der Waals surface area contributed by atoms with E-state index in [1.807, 2.05) is 0 Å². The first kappa shape index (κ1) is 15.9. The molecule has 2 rings (SSSR count). The molecule has 2 aromatic rings. The summed E-state index contributed by atoms with van der Waals surface area (Å²) in [4.78, 5) is 3.21. The molecule has 1 atom stereocenters. The van der Waals surface area contributed by atoms with E-state index in [9.17, 15) is 17.6 Å². The average molecular weight is 315 g/mol. The van der Waals surface area contributed by atoms with Crippen molar-refractivity contribution in [2.75, 3.05) is 0 Å². The second kappa shape index (κ2) is 6.12. The van der Waals surface area contributed by atoms with E-state index >= 15 is 0 Å². The topological polar surface area (TPSA) is 69.1 Å². The van der Waals surface area contributed by atoms with Crippen LogP contribution in [0.3, 0.4) is 0 Å². The van der Waals surface area contributed by atoms with Gasteiger partial charge in [0.1, 0.15) is 12.1 Å². The number of hydrazone groups is 1. The summed E-state index contributed by atoms with van der Waals surface area (Å²) < 4.78 is 51.6. The van der Waals surface area contributed by atoms with Crippen LogP contribution in [0.25, 0.3) is 0 Å². The summed E-state index contributed by atoms with van der Waals surface area (Å²) in [5.74, 6) is 3.28. The fourth-order valence-corrected chi connectivity index (χ4v) is 2.01. The highest BCUT2D eigenvalue weighted by Crippen LogP contribution is 2.25. The van der Waals surface area contributed by atoms with Gasteiger partial charge < -0.3 is 5.84 Å². The van der Waals surface area contributed by atoms with Gasteiger partial charge in [-0.05, 0) is 12.1 Å². The molecular weight excluding hydrogens is 302 g/mol. The quantitative estimate of drug-likeness (QED) is 0.408. The van der Waals surface area contributed by atoms with E-state index < -0.39 is 17.8 Å². The molecule has 2 N–H and O–H groups in total. The zero-order valence-corrected chi connectivity index (χ0v) is 11.5. The Bertz CT molecular complexity index is 677. The molecule has 1 unspecified atom stereocenters. The van der Waals surface area contributed by atoms with Crippen LogP contribution in [0, 0.1) is 11.7 Å². The van der Waals surface area contributed by atoms with Gasteiger partial charge in [-0.25, -0.2) is 9.37 Å². The monoisotopic (exact) mass is 315 g/mol. The lowest BCUT2D eigenvalue weighted by atomic mass is 9.98. The molecule has 1 aromatic heterocycles. The number of alkyl halides is 3.